The van der Waals surface area contributed by atoms with Crippen molar-refractivity contribution in [1.29, 1.82) is 10.5 Å². The van der Waals surface area contributed by atoms with Gasteiger partial charge < -0.3 is 0 Å². The van der Waals surface area contributed by atoms with Gasteiger partial charge >= 0.3 is 0 Å². The maximum atomic E-state index is 9.15. The number of thioether (sulfide) groups is 1. The fourth-order valence-electron chi connectivity index (χ4n) is 1.74. The van der Waals surface area contributed by atoms with Crippen LogP contribution in [0.1, 0.15) is 18.4 Å². The summed E-state index contributed by atoms with van der Waals surface area (Å²) >= 11 is 7.40. The predicted molar refractivity (Wildman–Crippen MR) is 85.0 cm³/mol. The van der Waals surface area contributed by atoms with Crippen LogP contribution in [0, 0.1) is 22.7 Å². The number of nitriles is 2. The molecule has 0 bridgehead atoms. The summed E-state index contributed by atoms with van der Waals surface area (Å²) in [4.78, 5) is 4.56. The highest BCUT2D eigenvalue weighted by molar-refractivity contribution is 7.99. The molecule has 1 aromatic carbocycles. The fraction of sp³-hybridized carbons (Fsp3) is 0.188. The molecule has 0 aliphatic heterocycles. The van der Waals surface area contributed by atoms with E-state index in [1.54, 1.807) is 6.07 Å². The second-order valence-electron chi connectivity index (χ2n) is 4.28. The standard InChI is InChI=1S/C16H12ClN3S/c17-14-6-3-12(4-7-14)15-8-5-13(11-19)16(20-15)21-10-2-1-9-18/h3-8H,1-2,10H2. The molecular formula is C16H12ClN3S. The highest BCUT2D eigenvalue weighted by atomic mass is 35.5. The first-order chi connectivity index (χ1) is 10.2. The molecule has 0 amide bonds. The Hall–Kier alpha value is -2.01. The van der Waals surface area contributed by atoms with E-state index in [4.69, 9.17) is 22.1 Å². The van der Waals surface area contributed by atoms with Crippen LogP contribution < -0.4 is 0 Å². The van der Waals surface area contributed by atoms with Gasteiger partial charge in [0.2, 0.25) is 0 Å². The van der Waals surface area contributed by atoms with Crippen molar-refractivity contribution in [3.8, 4) is 23.4 Å². The lowest BCUT2D eigenvalue weighted by Crippen LogP contribution is -1.92. The molecule has 0 saturated carbocycles. The number of unbranched alkanes of at least 4 members (excludes halogenated alkanes) is 1. The highest BCUT2D eigenvalue weighted by Crippen LogP contribution is 2.26. The van der Waals surface area contributed by atoms with E-state index in [2.05, 4.69) is 17.1 Å². The Kier molecular flexibility index (Phi) is 5.63. The minimum absolute atomic E-state index is 0.520. The van der Waals surface area contributed by atoms with Crippen LogP contribution in [-0.2, 0) is 0 Å². The number of aromatic nitrogens is 1. The smallest absolute Gasteiger partial charge is 0.115 e. The molecule has 0 radical (unpaired) electrons. The minimum Gasteiger partial charge on any atom is -0.240 e. The van der Waals surface area contributed by atoms with Gasteiger partial charge in [-0.1, -0.05) is 23.7 Å². The van der Waals surface area contributed by atoms with E-state index >= 15 is 0 Å². The molecular weight excluding hydrogens is 302 g/mol. The monoisotopic (exact) mass is 313 g/mol. The third kappa shape index (κ3) is 4.23. The summed E-state index contributed by atoms with van der Waals surface area (Å²) in [7, 11) is 0. The SMILES string of the molecule is N#CCCCSc1nc(-c2ccc(Cl)cc2)ccc1C#N. The maximum absolute atomic E-state index is 9.15. The number of hydrogen-bond acceptors (Lipinski definition) is 4. The van der Waals surface area contributed by atoms with Crippen molar-refractivity contribution in [3.05, 3.63) is 47.0 Å². The van der Waals surface area contributed by atoms with Gasteiger partial charge in [0.25, 0.3) is 0 Å². The minimum atomic E-state index is 0.520. The van der Waals surface area contributed by atoms with Crippen LogP contribution in [0.2, 0.25) is 5.02 Å². The van der Waals surface area contributed by atoms with E-state index in [-0.39, 0.29) is 0 Å². The van der Waals surface area contributed by atoms with Gasteiger partial charge in [-0.25, -0.2) is 4.98 Å². The Bertz CT molecular complexity index is 699. The Balaban J connectivity index is 2.23. The van der Waals surface area contributed by atoms with Crippen molar-refractivity contribution < 1.29 is 0 Å². The number of halogens is 1. The summed E-state index contributed by atoms with van der Waals surface area (Å²) < 4.78 is 0. The molecule has 0 atom stereocenters. The molecule has 0 N–H and O–H groups in total. The lowest BCUT2D eigenvalue weighted by Gasteiger charge is -2.06. The summed E-state index contributed by atoms with van der Waals surface area (Å²) in [5.41, 5.74) is 2.34. The molecule has 1 aromatic heterocycles. The molecule has 0 fully saturated rings. The summed E-state index contributed by atoms with van der Waals surface area (Å²) in [5.74, 6) is 0.777. The molecule has 21 heavy (non-hydrogen) atoms. The van der Waals surface area contributed by atoms with Gasteiger partial charge in [0.15, 0.2) is 0 Å². The Morgan fingerprint density at radius 2 is 1.86 bits per heavy atom. The first kappa shape index (κ1) is 15.4. The van der Waals surface area contributed by atoms with Gasteiger partial charge in [0, 0.05) is 22.8 Å². The van der Waals surface area contributed by atoms with Crippen molar-refractivity contribution in [2.24, 2.45) is 0 Å². The molecule has 0 saturated heterocycles. The van der Waals surface area contributed by atoms with Crippen molar-refractivity contribution in [3.63, 3.8) is 0 Å². The number of hydrogen-bond donors (Lipinski definition) is 0. The normalized spacial score (nSPS) is 9.86. The van der Waals surface area contributed by atoms with Crippen LogP contribution in [0.25, 0.3) is 11.3 Å². The van der Waals surface area contributed by atoms with E-state index in [9.17, 15) is 0 Å². The van der Waals surface area contributed by atoms with Gasteiger partial charge in [-0.3, -0.25) is 0 Å². The number of nitrogens with zero attached hydrogens (tertiary/aromatic N) is 3. The number of benzene rings is 1. The zero-order valence-electron chi connectivity index (χ0n) is 11.2. The summed E-state index contributed by atoms with van der Waals surface area (Å²) in [6.45, 7) is 0. The summed E-state index contributed by atoms with van der Waals surface area (Å²) in [6, 6.07) is 15.3. The number of pyridine rings is 1. The molecule has 0 aliphatic carbocycles. The molecule has 1 heterocycles. The second-order valence-corrected chi connectivity index (χ2v) is 5.80. The van der Waals surface area contributed by atoms with Gasteiger partial charge in [-0.05, 0) is 30.7 Å². The van der Waals surface area contributed by atoms with Gasteiger partial charge in [0.1, 0.15) is 11.1 Å². The van der Waals surface area contributed by atoms with Crippen molar-refractivity contribution in [2.45, 2.75) is 17.9 Å². The first-order valence-corrected chi connectivity index (χ1v) is 7.78. The van der Waals surface area contributed by atoms with Crippen LogP contribution in [0.15, 0.2) is 41.4 Å². The average Bonchev–Trinajstić information content (AvgIpc) is 2.52. The lowest BCUT2D eigenvalue weighted by atomic mass is 10.1. The third-order valence-corrected chi connectivity index (χ3v) is 4.12. The van der Waals surface area contributed by atoms with Crippen LogP contribution in [0.3, 0.4) is 0 Å². The summed E-state index contributed by atoms with van der Waals surface area (Å²) in [5, 5.41) is 19.1. The van der Waals surface area contributed by atoms with Crippen molar-refractivity contribution >= 4 is 23.4 Å². The molecule has 104 valence electrons. The molecule has 5 heteroatoms. The first-order valence-electron chi connectivity index (χ1n) is 6.41. The van der Waals surface area contributed by atoms with E-state index in [0.717, 1.165) is 23.4 Å². The maximum Gasteiger partial charge on any atom is 0.115 e. The predicted octanol–water partition coefficient (Wildman–Crippen LogP) is 4.67. The van der Waals surface area contributed by atoms with E-state index in [0.29, 0.717) is 22.0 Å². The third-order valence-electron chi connectivity index (χ3n) is 2.79. The zero-order chi connectivity index (χ0) is 15.1. The number of rotatable bonds is 5. The lowest BCUT2D eigenvalue weighted by molar-refractivity contribution is 0.976. The quantitative estimate of drug-likeness (QED) is 0.594. The van der Waals surface area contributed by atoms with E-state index in [1.165, 1.54) is 11.8 Å². The Morgan fingerprint density at radius 3 is 2.52 bits per heavy atom. The van der Waals surface area contributed by atoms with Crippen LogP contribution in [0.4, 0.5) is 0 Å². The second kappa shape index (κ2) is 7.69. The highest BCUT2D eigenvalue weighted by Gasteiger charge is 2.08. The Morgan fingerprint density at radius 1 is 1.10 bits per heavy atom. The largest absolute Gasteiger partial charge is 0.240 e. The molecule has 3 nitrogen and oxygen atoms in total. The van der Waals surface area contributed by atoms with E-state index in [1.807, 2.05) is 30.3 Å². The molecule has 2 aromatic rings. The summed E-state index contributed by atoms with van der Waals surface area (Å²) in [6.07, 6.45) is 1.31. The molecule has 0 unspecified atom stereocenters. The van der Waals surface area contributed by atoms with Gasteiger partial charge in [-0.2, -0.15) is 10.5 Å². The topological polar surface area (TPSA) is 60.5 Å². The Labute approximate surface area is 133 Å². The fourth-order valence-corrected chi connectivity index (χ4v) is 2.78. The van der Waals surface area contributed by atoms with Crippen LogP contribution in [0.5, 0.6) is 0 Å². The van der Waals surface area contributed by atoms with Crippen LogP contribution in [-0.4, -0.2) is 10.7 Å². The van der Waals surface area contributed by atoms with Crippen molar-refractivity contribution in [1.82, 2.24) is 4.98 Å². The van der Waals surface area contributed by atoms with Gasteiger partial charge in [-0.15, -0.1) is 11.8 Å². The molecule has 0 aliphatic rings. The van der Waals surface area contributed by atoms with Crippen LogP contribution >= 0.6 is 23.4 Å². The zero-order valence-corrected chi connectivity index (χ0v) is 12.8. The van der Waals surface area contributed by atoms with E-state index < -0.39 is 0 Å². The average molecular weight is 314 g/mol. The van der Waals surface area contributed by atoms with Gasteiger partial charge in [0.05, 0.1) is 17.3 Å². The molecule has 2 rings (SSSR count). The van der Waals surface area contributed by atoms with Crippen molar-refractivity contribution in [2.75, 3.05) is 5.75 Å². The molecule has 0 spiro atoms.